The molecule has 1 atom stereocenters. The fraction of sp³-hybridized carbons (Fsp3) is 0.300. The van der Waals surface area contributed by atoms with Crippen LogP contribution in [0.2, 0.25) is 0 Å². The standard InChI is InChI=1S/C20H20F2N2O4S/c1-13(25)14-5-8-16(9-6-14)29(27,28)24-11-3-2-4-19(24)20(26)23-15-7-10-17(21)18(22)12-15/h5-10,12,19H,2-4,11H2,1H3,(H,23,26). The second kappa shape index (κ2) is 8.38. The molecule has 1 N–H and O–H groups in total. The molecule has 1 saturated heterocycles. The Morgan fingerprint density at radius 3 is 2.34 bits per heavy atom. The molecular weight excluding hydrogens is 402 g/mol. The van der Waals surface area contributed by atoms with Gasteiger partial charge in [0.25, 0.3) is 0 Å². The van der Waals surface area contributed by atoms with Gasteiger partial charge in [0.15, 0.2) is 17.4 Å². The third kappa shape index (κ3) is 4.51. The van der Waals surface area contributed by atoms with Crippen molar-refractivity contribution in [3.05, 3.63) is 59.7 Å². The Bertz CT molecular complexity index is 1040. The highest BCUT2D eigenvalue weighted by atomic mass is 32.2. The minimum absolute atomic E-state index is 0.0185. The van der Waals surface area contributed by atoms with E-state index in [1.54, 1.807) is 0 Å². The van der Waals surface area contributed by atoms with Crippen molar-refractivity contribution in [3.8, 4) is 0 Å². The van der Waals surface area contributed by atoms with Crippen LogP contribution >= 0.6 is 0 Å². The van der Waals surface area contributed by atoms with Crippen molar-refractivity contribution in [1.29, 1.82) is 0 Å². The highest BCUT2D eigenvalue weighted by molar-refractivity contribution is 7.89. The van der Waals surface area contributed by atoms with E-state index in [9.17, 15) is 26.8 Å². The first-order valence-electron chi connectivity index (χ1n) is 9.09. The van der Waals surface area contributed by atoms with Crippen molar-refractivity contribution >= 4 is 27.4 Å². The van der Waals surface area contributed by atoms with Gasteiger partial charge in [0.1, 0.15) is 6.04 Å². The molecule has 1 amide bonds. The molecule has 0 aliphatic carbocycles. The van der Waals surface area contributed by atoms with Gasteiger partial charge in [-0.2, -0.15) is 4.31 Å². The molecule has 0 bridgehead atoms. The van der Waals surface area contributed by atoms with Crippen molar-refractivity contribution in [3.63, 3.8) is 0 Å². The fourth-order valence-electron chi connectivity index (χ4n) is 3.25. The SMILES string of the molecule is CC(=O)c1ccc(S(=O)(=O)N2CCCCC2C(=O)Nc2ccc(F)c(F)c2)cc1. The van der Waals surface area contributed by atoms with E-state index in [2.05, 4.69) is 5.32 Å². The first-order valence-corrected chi connectivity index (χ1v) is 10.5. The van der Waals surface area contributed by atoms with Gasteiger partial charge in [-0.15, -0.1) is 0 Å². The lowest BCUT2D eigenvalue weighted by atomic mass is 10.0. The Balaban J connectivity index is 1.85. The predicted octanol–water partition coefficient (Wildman–Crippen LogP) is 3.35. The number of ketones is 1. The highest BCUT2D eigenvalue weighted by Crippen LogP contribution is 2.27. The highest BCUT2D eigenvalue weighted by Gasteiger charge is 2.37. The maximum Gasteiger partial charge on any atom is 0.243 e. The molecule has 1 heterocycles. The maximum atomic E-state index is 13.4. The number of anilines is 1. The first kappa shape index (κ1) is 21.1. The van der Waals surface area contributed by atoms with E-state index in [-0.39, 0.29) is 22.9 Å². The summed E-state index contributed by atoms with van der Waals surface area (Å²) in [7, 11) is -3.98. The molecule has 29 heavy (non-hydrogen) atoms. The molecule has 0 aromatic heterocycles. The summed E-state index contributed by atoms with van der Waals surface area (Å²) in [6, 6.07) is 7.49. The lowest BCUT2D eigenvalue weighted by Crippen LogP contribution is -2.49. The number of carbonyl (C=O) groups excluding carboxylic acids is 2. The van der Waals surface area contributed by atoms with Crippen LogP contribution < -0.4 is 5.32 Å². The van der Waals surface area contributed by atoms with Crippen LogP contribution in [0.4, 0.5) is 14.5 Å². The van der Waals surface area contributed by atoms with E-state index < -0.39 is 33.6 Å². The topological polar surface area (TPSA) is 83.6 Å². The van der Waals surface area contributed by atoms with Crippen LogP contribution in [0.15, 0.2) is 47.4 Å². The molecule has 2 aromatic rings. The maximum absolute atomic E-state index is 13.4. The number of amides is 1. The molecule has 9 heteroatoms. The van der Waals surface area contributed by atoms with Gasteiger partial charge in [0.2, 0.25) is 15.9 Å². The molecule has 1 fully saturated rings. The predicted molar refractivity (Wildman–Crippen MR) is 103 cm³/mol. The van der Waals surface area contributed by atoms with Crippen molar-refractivity contribution in [2.45, 2.75) is 37.1 Å². The monoisotopic (exact) mass is 422 g/mol. The number of carbonyl (C=O) groups is 2. The normalized spacial score (nSPS) is 17.7. The molecule has 3 rings (SSSR count). The van der Waals surface area contributed by atoms with E-state index in [4.69, 9.17) is 0 Å². The molecule has 1 aliphatic heterocycles. The van der Waals surface area contributed by atoms with E-state index in [0.29, 0.717) is 24.8 Å². The van der Waals surface area contributed by atoms with E-state index in [1.165, 1.54) is 37.3 Å². The van der Waals surface area contributed by atoms with Gasteiger partial charge in [-0.1, -0.05) is 18.6 Å². The summed E-state index contributed by atoms with van der Waals surface area (Å²) >= 11 is 0. The largest absolute Gasteiger partial charge is 0.325 e. The number of benzene rings is 2. The van der Waals surface area contributed by atoms with Gasteiger partial charge >= 0.3 is 0 Å². The summed E-state index contributed by atoms with van der Waals surface area (Å²) in [5.74, 6) is -2.95. The summed E-state index contributed by atoms with van der Waals surface area (Å²) < 4.78 is 53.8. The van der Waals surface area contributed by atoms with Crippen molar-refractivity contribution in [1.82, 2.24) is 4.31 Å². The van der Waals surface area contributed by atoms with E-state index >= 15 is 0 Å². The lowest BCUT2D eigenvalue weighted by molar-refractivity contribution is -0.120. The smallest absolute Gasteiger partial charge is 0.243 e. The number of sulfonamides is 1. The van der Waals surface area contributed by atoms with Gasteiger partial charge in [0.05, 0.1) is 4.90 Å². The van der Waals surface area contributed by atoms with E-state index in [0.717, 1.165) is 16.4 Å². The summed E-state index contributed by atoms with van der Waals surface area (Å²) in [6.07, 6.45) is 1.56. The number of halogens is 2. The Labute approximate surface area is 167 Å². The zero-order valence-corrected chi connectivity index (χ0v) is 16.5. The number of piperidine rings is 1. The molecule has 1 aliphatic rings. The molecule has 0 spiro atoms. The van der Waals surface area contributed by atoms with Gasteiger partial charge in [-0.3, -0.25) is 9.59 Å². The second-order valence-electron chi connectivity index (χ2n) is 6.83. The van der Waals surface area contributed by atoms with Crippen molar-refractivity contribution < 1.29 is 26.8 Å². The Morgan fingerprint density at radius 1 is 1.03 bits per heavy atom. The quantitative estimate of drug-likeness (QED) is 0.749. The number of Topliss-reactive ketones (excluding diaryl/α,β-unsaturated/α-hetero) is 1. The van der Waals surface area contributed by atoms with Crippen LogP contribution in [0.1, 0.15) is 36.5 Å². The van der Waals surface area contributed by atoms with Gasteiger partial charge < -0.3 is 5.32 Å². The summed E-state index contributed by atoms with van der Waals surface area (Å²) in [5.41, 5.74) is 0.429. The summed E-state index contributed by atoms with van der Waals surface area (Å²) in [4.78, 5) is 24.1. The minimum atomic E-state index is -3.98. The van der Waals surface area contributed by atoms with Gasteiger partial charge in [-0.05, 0) is 44.0 Å². The van der Waals surface area contributed by atoms with E-state index in [1.807, 2.05) is 0 Å². The van der Waals surface area contributed by atoms with Gasteiger partial charge in [0, 0.05) is 23.9 Å². The number of hydrogen-bond donors (Lipinski definition) is 1. The summed E-state index contributed by atoms with van der Waals surface area (Å²) in [6.45, 7) is 1.54. The molecule has 6 nitrogen and oxygen atoms in total. The number of hydrogen-bond acceptors (Lipinski definition) is 4. The average Bonchev–Trinajstić information content (AvgIpc) is 2.70. The minimum Gasteiger partial charge on any atom is -0.325 e. The van der Waals surface area contributed by atoms with Crippen LogP contribution in [-0.4, -0.2) is 37.0 Å². The second-order valence-corrected chi connectivity index (χ2v) is 8.72. The Hall–Kier alpha value is -2.65. The zero-order valence-electron chi connectivity index (χ0n) is 15.7. The van der Waals surface area contributed by atoms with Crippen molar-refractivity contribution in [2.75, 3.05) is 11.9 Å². The van der Waals surface area contributed by atoms with Gasteiger partial charge in [-0.25, -0.2) is 17.2 Å². The third-order valence-electron chi connectivity index (χ3n) is 4.81. The number of nitrogens with one attached hydrogen (secondary N) is 1. The molecule has 0 radical (unpaired) electrons. The molecule has 2 aromatic carbocycles. The zero-order chi connectivity index (χ0) is 21.2. The van der Waals surface area contributed by atoms with Crippen LogP contribution in [0.25, 0.3) is 0 Å². The molecule has 154 valence electrons. The van der Waals surface area contributed by atoms with Crippen LogP contribution in [0.5, 0.6) is 0 Å². The Morgan fingerprint density at radius 2 is 1.72 bits per heavy atom. The van der Waals surface area contributed by atoms with Crippen LogP contribution in [0, 0.1) is 11.6 Å². The fourth-order valence-corrected chi connectivity index (χ4v) is 4.91. The average molecular weight is 422 g/mol. The first-order chi connectivity index (χ1) is 13.7. The molecule has 1 unspecified atom stereocenters. The molecule has 0 saturated carbocycles. The Kier molecular flexibility index (Phi) is 6.09. The van der Waals surface area contributed by atoms with Crippen LogP contribution in [-0.2, 0) is 14.8 Å². The third-order valence-corrected chi connectivity index (χ3v) is 6.73. The number of nitrogens with zero attached hydrogens (tertiary/aromatic N) is 1. The summed E-state index contributed by atoms with van der Waals surface area (Å²) in [5, 5.41) is 2.46. The van der Waals surface area contributed by atoms with Crippen molar-refractivity contribution in [2.24, 2.45) is 0 Å². The lowest BCUT2D eigenvalue weighted by Gasteiger charge is -2.33. The number of rotatable bonds is 5. The van der Waals surface area contributed by atoms with Crippen LogP contribution in [0.3, 0.4) is 0 Å². The molecular formula is C20H20F2N2O4S.